The van der Waals surface area contributed by atoms with E-state index in [1.54, 1.807) is 49.7 Å². The highest BCUT2D eigenvalue weighted by Crippen LogP contribution is 2.44. The normalized spacial score (nSPS) is 14.0. The summed E-state index contributed by atoms with van der Waals surface area (Å²) in [4.78, 5) is 42.5. The van der Waals surface area contributed by atoms with Gasteiger partial charge in [-0.2, -0.15) is 0 Å². The minimum atomic E-state index is -1.23. The summed E-state index contributed by atoms with van der Waals surface area (Å²) in [5.74, 6) is -1.29. The van der Waals surface area contributed by atoms with E-state index in [1.165, 1.54) is 18.4 Å². The van der Waals surface area contributed by atoms with Crippen LogP contribution in [0, 0.1) is 0 Å². The van der Waals surface area contributed by atoms with Gasteiger partial charge in [-0.1, -0.05) is 18.9 Å². The Morgan fingerprint density at radius 2 is 1.63 bits per heavy atom. The largest absolute Gasteiger partial charge is 0.477 e. The first-order valence-electron chi connectivity index (χ1n) is 14.5. The number of aromatic nitrogens is 3. The van der Waals surface area contributed by atoms with Gasteiger partial charge in [-0.05, 0) is 86.7 Å². The third kappa shape index (κ3) is 5.05. The van der Waals surface area contributed by atoms with E-state index < -0.39 is 17.4 Å². The molecule has 43 heavy (non-hydrogen) atoms. The molecule has 0 saturated heterocycles. The van der Waals surface area contributed by atoms with E-state index in [-0.39, 0.29) is 11.6 Å². The Kier molecular flexibility index (Phi) is 7.04. The molecule has 2 aromatic carbocycles. The average Bonchev–Trinajstić information content (AvgIpc) is 3.70. The van der Waals surface area contributed by atoms with E-state index in [2.05, 4.69) is 20.2 Å². The van der Waals surface area contributed by atoms with Crippen molar-refractivity contribution in [3.8, 4) is 11.3 Å². The van der Waals surface area contributed by atoms with Crippen LogP contribution in [0.4, 0.5) is 5.69 Å². The first-order chi connectivity index (χ1) is 20.5. The molecule has 1 fully saturated rings. The number of aryl methyl sites for hydroxylation is 2. The van der Waals surface area contributed by atoms with Crippen molar-refractivity contribution >= 4 is 45.3 Å². The van der Waals surface area contributed by atoms with Crippen molar-refractivity contribution in [2.24, 2.45) is 14.1 Å². The number of hydrogen-bond donors (Lipinski definition) is 3. The Hall–Kier alpha value is -4.92. The van der Waals surface area contributed by atoms with Crippen LogP contribution in [0.5, 0.6) is 0 Å². The molecule has 9 nitrogen and oxygen atoms in total. The lowest BCUT2D eigenvalue weighted by atomic mass is 9.92. The molecular formula is C34H35N5O4. The fraction of sp³-hybridized carbons (Fsp3) is 0.294. The van der Waals surface area contributed by atoms with Gasteiger partial charge in [0.2, 0.25) is 5.91 Å². The number of pyridine rings is 1. The minimum Gasteiger partial charge on any atom is -0.477 e. The summed E-state index contributed by atoms with van der Waals surface area (Å²) < 4.78 is 3.76. The fourth-order valence-corrected chi connectivity index (χ4v) is 6.43. The van der Waals surface area contributed by atoms with Crippen molar-refractivity contribution in [1.82, 2.24) is 19.4 Å². The highest BCUT2D eigenvalue weighted by atomic mass is 16.4. The maximum atomic E-state index is 13.5. The van der Waals surface area contributed by atoms with E-state index in [4.69, 9.17) is 0 Å². The second-order valence-corrected chi connectivity index (χ2v) is 12.0. The van der Waals surface area contributed by atoms with E-state index in [1.807, 2.05) is 49.8 Å². The van der Waals surface area contributed by atoms with Gasteiger partial charge in [-0.3, -0.25) is 14.6 Å². The lowest BCUT2D eigenvalue weighted by Gasteiger charge is -2.25. The van der Waals surface area contributed by atoms with Crippen LogP contribution in [0.3, 0.4) is 0 Å². The molecule has 1 saturated carbocycles. The van der Waals surface area contributed by atoms with Crippen molar-refractivity contribution < 1.29 is 19.5 Å². The fourth-order valence-electron chi connectivity index (χ4n) is 6.43. The molecule has 0 aliphatic heterocycles. The number of hydrogen-bond acceptors (Lipinski definition) is 4. The third-order valence-electron chi connectivity index (χ3n) is 8.73. The van der Waals surface area contributed by atoms with Crippen LogP contribution in [0.1, 0.15) is 71.9 Å². The van der Waals surface area contributed by atoms with Crippen LogP contribution in [0.2, 0.25) is 0 Å². The predicted octanol–water partition coefficient (Wildman–Crippen LogP) is 6.23. The molecule has 1 aliphatic rings. The molecule has 5 aromatic rings. The Balaban J connectivity index is 1.26. The average molecular weight is 578 g/mol. The summed E-state index contributed by atoms with van der Waals surface area (Å²) in [6.07, 6.45) is 8.36. The molecular weight excluding hydrogens is 542 g/mol. The second kappa shape index (κ2) is 10.7. The van der Waals surface area contributed by atoms with Crippen molar-refractivity contribution in [3.05, 3.63) is 83.8 Å². The number of nitrogens with one attached hydrogen (secondary N) is 2. The summed E-state index contributed by atoms with van der Waals surface area (Å²) in [7, 11) is 3.73. The highest BCUT2D eigenvalue weighted by molar-refractivity contribution is 6.06. The number of carboxylic acid groups (broad SMARTS) is 1. The number of rotatable bonds is 7. The van der Waals surface area contributed by atoms with Gasteiger partial charge >= 0.3 is 5.97 Å². The molecule has 6 rings (SSSR count). The summed E-state index contributed by atoms with van der Waals surface area (Å²) >= 11 is 0. The van der Waals surface area contributed by atoms with E-state index in [9.17, 15) is 19.5 Å². The lowest BCUT2D eigenvalue weighted by molar-refractivity contribution is -0.120. The van der Waals surface area contributed by atoms with E-state index in [0.717, 1.165) is 40.5 Å². The van der Waals surface area contributed by atoms with Crippen molar-refractivity contribution in [3.63, 3.8) is 0 Å². The maximum Gasteiger partial charge on any atom is 0.352 e. The van der Waals surface area contributed by atoms with E-state index in [0.29, 0.717) is 22.6 Å². The maximum absolute atomic E-state index is 13.5. The van der Waals surface area contributed by atoms with Crippen LogP contribution in [0.25, 0.3) is 33.1 Å². The molecule has 0 atom stereocenters. The second-order valence-electron chi connectivity index (χ2n) is 12.0. The number of carbonyl (C=O) groups excluding carboxylic acids is 2. The summed E-state index contributed by atoms with van der Waals surface area (Å²) in [6, 6.07) is 16.6. The van der Waals surface area contributed by atoms with Gasteiger partial charge in [-0.25, -0.2) is 4.79 Å². The number of aromatic carboxylic acids is 1. The Labute approximate surface area is 249 Å². The molecule has 3 heterocycles. The predicted molar refractivity (Wildman–Crippen MR) is 167 cm³/mol. The van der Waals surface area contributed by atoms with Crippen molar-refractivity contribution in [2.75, 3.05) is 5.32 Å². The molecule has 0 unspecified atom stereocenters. The van der Waals surface area contributed by atoms with Gasteiger partial charge in [0.05, 0.1) is 5.69 Å². The zero-order valence-electron chi connectivity index (χ0n) is 24.8. The molecule has 3 N–H and O–H groups in total. The molecule has 1 aliphatic carbocycles. The molecule has 9 heteroatoms. The Morgan fingerprint density at radius 3 is 2.33 bits per heavy atom. The quantitative estimate of drug-likeness (QED) is 0.212. The van der Waals surface area contributed by atoms with Crippen LogP contribution in [0.15, 0.2) is 67.0 Å². The molecule has 0 spiro atoms. The highest BCUT2D eigenvalue weighted by Gasteiger charge is 2.31. The van der Waals surface area contributed by atoms with E-state index >= 15 is 0 Å². The monoisotopic (exact) mass is 577 g/mol. The number of nitrogens with zero attached hydrogens (tertiary/aromatic N) is 3. The smallest absolute Gasteiger partial charge is 0.352 e. The van der Waals surface area contributed by atoms with Gasteiger partial charge in [0.15, 0.2) is 0 Å². The lowest BCUT2D eigenvalue weighted by Crippen LogP contribution is -2.52. The number of amides is 2. The number of carbonyl (C=O) groups is 3. The summed E-state index contributed by atoms with van der Waals surface area (Å²) in [5, 5.41) is 17.0. The van der Waals surface area contributed by atoms with Crippen LogP contribution < -0.4 is 10.6 Å². The molecule has 3 aromatic heterocycles. The zero-order valence-corrected chi connectivity index (χ0v) is 24.8. The zero-order chi connectivity index (χ0) is 30.5. The van der Waals surface area contributed by atoms with Crippen molar-refractivity contribution in [2.45, 2.75) is 51.0 Å². The molecule has 0 radical (unpaired) electrons. The minimum absolute atomic E-state index is 0.157. The third-order valence-corrected chi connectivity index (χ3v) is 8.73. The molecule has 2 amide bonds. The van der Waals surface area contributed by atoms with Gasteiger partial charge in [0.25, 0.3) is 5.91 Å². The Bertz CT molecular complexity index is 1890. The number of benzene rings is 2. The molecule has 0 bridgehead atoms. The Morgan fingerprint density at radius 1 is 0.907 bits per heavy atom. The van der Waals surface area contributed by atoms with Gasteiger partial charge in [-0.15, -0.1) is 0 Å². The topological polar surface area (TPSA) is 118 Å². The van der Waals surface area contributed by atoms with Crippen LogP contribution >= 0.6 is 0 Å². The standard InChI is InChI=1S/C34H35N5O4/c1-34(2,33(43)36-24-10-12-26-23(17-24)19-28(32(41)42)38(26)3)37-31(40)22-9-11-25-27(18-22)39(4)30(21-13-15-35-16-14-21)29(25)20-7-5-6-8-20/h9-20H,5-8H2,1-4H3,(H,36,43)(H,37,40)(H,41,42). The van der Waals surface area contributed by atoms with Crippen LogP contribution in [-0.4, -0.2) is 42.5 Å². The van der Waals surface area contributed by atoms with Gasteiger partial charge < -0.3 is 24.9 Å². The first kappa shape index (κ1) is 28.2. The number of carboxylic acids is 1. The first-order valence-corrected chi connectivity index (χ1v) is 14.5. The van der Waals surface area contributed by atoms with Gasteiger partial charge in [0, 0.05) is 65.1 Å². The molecule has 220 valence electrons. The van der Waals surface area contributed by atoms with Crippen LogP contribution in [-0.2, 0) is 18.9 Å². The summed E-state index contributed by atoms with van der Waals surface area (Å²) in [6.45, 7) is 3.31. The summed E-state index contributed by atoms with van der Waals surface area (Å²) in [5.41, 5.74) is 5.22. The number of anilines is 1. The van der Waals surface area contributed by atoms with Gasteiger partial charge in [0.1, 0.15) is 11.2 Å². The van der Waals surface area contributed by atoms with Crippen molar-refractivity contribution in [1.29, 1.82) is 0 Å². The SMILES string of the molecule is Cn1c(C(=O)O)cc2cc(NC(=O)C(C)(C)NC(=O)c3ccc4c(C5CCCC5)c(-c5ccncc5)n(C)c4c3)ccc21. The number of fused-ring (bicyclic) bond motifs is 2.